The Morgan fingerprint density at radius 2 is 1.50 bits per heavy atom. The van der Waals surface area contributed by atoms with Gasteiger partial charge in [-0.15, -0.1) is 0 Å². The summed E-state index contributed by atoms with van der Waals surface area (Å²) in [6.07, 6.45) is 0.209. The molecule has 0 radical (unpaired) electrons. The van der Waals surface area contributed by atoms with Crippen LogP contribution in [0.5, 0.6) is 5.75 Å². The van der Waals surface area contributed by atoms with Gasteiger partial charge in [0.25, 0.3) is 10.0 Å². The molecular formula is C36H40ClN3O5S. The van der Waals surface area contributed by atoms with E-state index in [2.05, 4.69) is 5.32 Å². The maximum Gasteiger partial charge on any atom is 0.264 e. The maximum absolute atomic E-state index is 14.6. The predicted octanol–water partition coefficient (Wildman–Crippen LogP) is 6.26. The average Bonchev–Trinajstić information content (AvgIpc) is 3.05. The Kier molecular flexibility index (Phi) is 11.8. The second-order valence-electron chi connectivity index (χ2n) is 11.5. The number of hydrogen-bond donors (Lipinski definition) is 1. The van der Waals surface area contributed by atoms with E-state index < -0.39 is 28.5 Å². The summed E-state index contributed by atoms with van der Waals surface area (Å²) in [7, 11) is -2.82. The molecule has 1 N–H and O–H groups in total. The Balaban J connectivity index is 1.83. The van der Waals surface area contributed by atoms with Gasteiger partial charge in [-0.2, -0.15) is 0 Å². The van der Waals surface area contributed by atoms with Crippen LogP contribution in [0.25, 0.3) is 0 Å². The summed E-state index contributed by atoms with van der Waals surface area (Å²) >= 11 is 6.57. The first-order valence-electron chi connectivity index (χ1n) is 15.1. The third-order valence-corrected chi connectivity index (χ3v) is 9.64. The SMILES string of the molecule is COc1ccccc1N(CC(=O)N(Cc1ccccc1Cl)C(Cc1ccccc1)C(=O)NCC(C)C)S(=O)(=O)c1ccc(C)cc1. The summed E-state index contributed by atoms with van der Waals surface area (Å²) in [6.45, 7) is 5.63. The second kappa shape index (κ2) is 15.8. The molecule has 0 aliphatic carbocycles. The second-order valence-corrected chi connectivity index (χ2v) is 13.7. The van der Waals surface area contributed by atoms with Gasteiger partial charge in [0.05, 0.1) is 17.7 Å². The number of hydrogen-bond acceptors (Lipinski definition) is 5. The average molecular weight is 662 g/mol. The van der Waals surface area contributed by atoms with E-state index in [0.717, 1.165) is 15.4 Å². The van der Waals surface area contributed by atoms with Gasteiger partial charge < -0.3 is 15.0 Å². The molecule has 0 aliphatic rings. The fourth-order valence-corrected chi connectivity index (χ4v) is 6.59. The summed E-state index contributed by atoms with van der Waals surface area (Å²) in [6, 6.07) is 28.6. The largest absolute Gasteiger partial charge is 0.495 e. The molecule has 2 amide bonds. The van der Waals surface area contributed by atoms with Crippen LogP contribution < -0.4 is 14.4 Å². The zero-order valence-corrected chi connectivity index (χ0v) is 28.1. The van der Waals surface area contributed by atoms with Crippen molar-refractivity contribution in [3.8, 4) is 5.75 Å². The number of ether oxygens (including phenoxy) is 1. The normalized spacial score (nSPS) is 12.0. The predicted molar refractivity (Wildman–Crippen MR) is 182 cm³/mol. The van der Waals surface area contributed by atoms with Crippen LogP contribution in [0.4, 0.5) is 5.69 Å². The molecule has 0 saturated carbocycles. The van der Waals surface area contributed by atoms with E-state index in [1.165, 1.54) is 24.1 Å². The molecule has 10 heteroatoms. The standard InChI is InChI=1S/C36H40ClN3O5S/c1-26(2)23-38-36(42)33(22-28-12-6-5-7-13-28)39(24-29-14-8-9-15-31(29)37)35(41)25-40(32-16-10-11-17-34(32)45-4)46(43,44)30-20-18-27(3)19-21-30/h5-21,26,33H,22-25H2,1-4H3,(H,38,42). The highest BCUT2D eigenvalue weighted by Gasteiger charge is 2.35. The Morgan fingerprint density at radius 1 is 0.870 bits per heavy atom. The van der Waals surface area contributed by atoms with Gasteiger partial charge in [0.2, 0.25) is 11.8 Å². The molecule has 4 rings (SSSR count). The molecule has 8 nitrogen and oxygen atoms in total. The van der Waals surface area contributed by atoms with E-state index in [0.29, 0.717) is 17.1 Å². The fourth-order valence-electron chi connectivity index (χ4n) is 4.97. The third-order valence-electron chi connectivity index (χ3n) is 7.50. The number of nitrogens with one attached hydrogen (secondary N) is 1. The molecule has 0 heterocycles. The molecule has 4 aromatic carbocycles. The molecule has 1 atom stereocenters. The number of carbonyl (C=O) groups is 2. The van der Waals surface area contributed by atoms with Crippen molar-refractivity contribution in [3.63, 3.8) is 0 Å². The maximum atomic E-state index is 14.6. The Bertz CT molecular complexity index is 1730. The Morgan fingerprint density at radius 3 is 2.15 bits per heavy atom. The smallest absolute Gasteiger partial charge is 0.264 e. The van der Waals surface area contributed by atoms with E-state index in [9.17, 15) is 18.0 Å². The quantitative estimate of drug-likeness (QED) is 0.172. The van der Waals surface area contributed by atoms with Gasteiger partial charge >= 0.3 is 0 Å². The minimum absolute atomic E-state index is 0.0184. The number of para-hydroxylation sites is 2. The third kappa shape index (κ3) is 8.68. The van der Waals surface area contributed by atoms with Gasteiger partial charge in [-0.1, -0.05) is 104 Å². The Labute approximate surface area is 277 Å². The van der Waals surface area contributed by atoms with Crippen LogP contribution in [0.3, 0.4) is 0 Å². The molecule has 1 unspecified atom stereocenters. The summed E-state index contributed by atoms with van der Waals surface area (Å²) < 4.78 is 35.1. The minimum Gasteiger partial charge on any atom is -0.495 e. The molecule has 0 aliphatic heterocycles. The van der Waals surface area contributed by atoms with Crippen molar-refractivity contribution in [2.24, 2.45) is 5.92 Å². The molecule has 46 heavy (non-hydrogen) atoms. The van der Waals surface area contributed by atoms with Crippen LogP contribution in [-0.2, 0) is 32.6 Å². The summed E-state index contributed by atoms with van der Waals surface area (Å²) in [4.78, 5) is 29.9. The number of aryl methyl sites for hydroxylation is 1. The lowest BCUT2D eigenvalue weighted by Crippen LogP contribution is -2.53. The van der Waals surface area contributed by atoms with E-state index in [4.69, 9.17) is 16.3 Å². The number of benzene rings is 4. The van der Waals surface area contributed by atoms with Crippen molar-refractivity contribution in [1.29, 1.82) is 0 Å². The summed E-state index contributed by atoms with van der Waals surface area (Å²) in [5.41, 5.74) is 2.55. The fraction of sp³-hybridized carbons (Fsp3) is 0.278. The lowest BCUT2D eigenvalue weighted by atomic mass is 10.0. The van der Waals surface area contributed by atoms with Gasteiger partial charge in [0.15, 0.2) is 0 Å². The van der Waals surface area contributed by atoms with Gasteiger partial charge in [-0.05, 0) is 54.3 Å². The van der Waals surface area contributed by atoms with Crippen molar-refractivity contribution in [2.75, 3.05) is 24.5 Å². The molecule has 0 bridgehead atoms. The van der Waals surface area contributed by atoms with Crippen LogP contribution >= 0.6 is 11.6 Å². The summed E-state index contributed by atoms with van der Waals surface area (Å²) in [5.74, 6) is -0.473. The van der Waals surface area contributed by atoms with Crippen LogP contribution in [-0.4, -0.2) is 51.4 Å². The van der Waals surface area contributed by atoms with Crippen LogP contribution in [0.15, 0.2) is 108 Å². The number of halogens is 1. The van der Waals surface area contributed by atoms with Crippen molar-refractivity contribution in [3.05, 3.63) is 125 Å². The summed E-state index contributed by atoms with van der Waals surface area (Å²) in [5, 5.41) is 3.41. The van der Waals surface area contributed by atoms with Crippen molar-refractivity contribution >= 4 is 39.1 Å². The number of amides is 2. The minimum atomic E-state index is -4.26. The van der Waals surface area contributed by atoms with E-state index in [1.54, 1.807) is 60.7 Å². The number of rotatable bonds is 14. The zero-order valence-electron chi connectivity index (χ0n) is 26.5. The molecule has 0 aromatic heterocycles. The molecule has 0 spiro atoms. The van der Waals surface area contributed by atoms with E-state index >= 15 is 0 Å². The van der Waals surface area contributed by atoms with Crippen molar-refractivity contribution < 1.29 is 22.7 Å². The number of carbonyl (C=O) groups excluding carboxylic acids is 2. The van der Waals surface area contributed by atoms with Crippen molar-refractivity contribution in [2.45, 2.75) is 44.7 Å². The highest BCUT2D eigenvalue weighted by molar-refractivity contribution is 7.92. The number of nitrogens with zero attached hydrogens (tertiary/aromatic N) is 2. The first-order chi connectivity index (χ1) is 22.0. The van der Waals surface area contributed by atoms with E-state index in [1.807, 2.05) is 51.1 Å². The molecule has 242 valence electrons. The van der Waals surface area contributed by atoms with Gasteiger partial charge in [0.1, 0.15) is 18.3 Å². The van der Waals surface area contributed by atoms with Crippen LogP contribution in [0.1, 0.15) is 30.5 Å². The lowest BCUT2D eigenvalue weighted by Gasteiger charge is -2.34. The molecule has 0 saturated heterocycles. The zero-order chi connectivity index (χ0) is 33.3. The Hall–Kier alpha value is -4.34. The number of anilines is 1. The highest BCUT2D eigenvalue weighted by atomic mass is 35.5. The van der Waals surface area contributed by atoms with Crippen LogP contribution in [0.2, 0.25) is 5.02 Å². The first kappa shape index (κ1) is 34.5. The molecule has 0 fully saturated rings. The topological polar surface area (TPSA) is 96.0 Å². The van der Waals surface area contributed by atoms with Gasteiger partial charge in [-0.3, -0.25) is 13.9 Å². The molecular weight excluding hydrogens is 622 g/mol. The van der Waals surface area contributed by atoms with Crippen molar-refractivity contribution in [1.82, 2.24) is 10.2 Å². The first-order valence-corrected chi connectivity index (χ1v) is 16.9. The van der Waals surface area contributed by atoms with Gasteiger partial charge in [-0.25, -0.2) is 8.42 Å². The van der Waals surface area contributed by atoms with E-state index in [-0.39, 0.29) is 41.1 Å². The highest BCUT2D eigenvalue weighted by Crippen LogP contribution is 2.33. The number of sulfonamides is 1. The number of methoxy groups -OCH3 is 1. The lowest BCUT2D eigenvalue weighted by molar-refractivity contribution is -0.140. The van der Waals surface area contributed by atoms with Crippen LogP contribution in [0, 0.1) is 12.8 Å². The monoisotopic (exact) mass is 661 g/mol. The van der Waals surface area contributed by atoms with Gasteiger partial charge in [0, 0.05) is 24.5 Å². The molecule has 4 aromatic rings.